The lowest BCUT2D eigenvalue weighted by Gasteiger charge is -2.14. The van der Waals surface area contributed by atoms with Gasteiger partial charge in [0.15, 0.2) is 0 Å². The fourth-order valence-electron chi connectivity index (χ4n) is 0.806. The minimum atomic E-state index is 0.830. The monoisotopic (exact) mass is 267 g/mol. The largest absolute Gasteiger partial charge is 0.369 e. The Morgan fingerprint density at radius 3 is 1.93 bits per heavy atom. The molecular weight excluding hydrogens is 254 g/mol. The van der Waals surface area contributed by atoms with Gasteiger partial charge in [0.25, 0.3) is 0 Å². The number of hydrogen-bond donors (Lipinski definition) is 2. The van der Waals surface area contributed by atoms with Gasteiger partial charge in [-0.3, -0.25) is 4.90 Å². The van der Waals surface area contributed by atoms with Crippen LogP contribution in [0.25, 0.3) is 0 Å². The summed E-state index contributed by atoms with van der Waals surface area (Å²) in [5.41, 5.74) is 0. The van der Waals surface area contributed by atoms with Crippen molar-refractivity contribution in [2.45, 2.75) is 0 Å². The Kier molecular flexibility index (Phi) is 6.11. The molecule has 7 heteroatoms. The van der Waals surface area contributed by atoms with Gasteiger partial charge in [-0.05, 0) is 7.05 Å². The van der Waals surface area contributed by atoms with E-state index in [9.17, 15) is 0 Å². The van der Waals surface area contributed by atoms with E-state index in [1.54, 1.807) is 23.5 Å². The van der Waals surface area contributed by atoms with Crippen LogP contribution in [0.1, 0.15) is 0 Å². The average molecular weight is 267 g/mol. The van der Waals surface area contributed by atoms with E-state index in [0.29, 0.717) is 0 Å². The molecular formula is C7H13N3S4. The predicted octanol–water partition coefficient (Wildman–Crippen LogP) is 1.06. The molecule has 0 aromatic heterocycles. The van der Waals surface area contributed by atoms with Crippen LogP contribution < -0.4 is 10.6 Å². The molecule has 3 nitrogen and oxygen atoms in total. The SMILES string of the molecule is CN1CSC(=S)NCCNC(=S)SC1. The Hall–Kier alpha value is 0.440. The normalized spacial score (nSPS) is 22.1. The quantitative estimate of drug-likeness (QED) is 0.634. The molecule has 1 saturated heterocycles. The Bertz CT molecular complexity index is 199. The second kappa shape index (κ2) is 6.84. The van der Waals surface area contributed by atoms with Crippen LogP contribution in [0.15, 0.2) is 0 Å². The summed E-state index contributed by atoms with van der Waals surface area (Å²) >= 11 is 13.6. The third-order valence-electron chi connectivity index (χ3n) is 1.50. The second-order valence-electron chi connectivity index (χ2n) is 2.83. The molecule has 1 rings (SSSR count). The van der Waals surface area contributed by atoms with Crippen molar-refractivity contribution in [1.29, 1.82) is 0 Å². The first-order valence-electron chi connectivity index (χ1n) is 4.18. The van der Waals surface area contributed by atoms with Crippen molar-refractivity contribution < 1.29 is 0 Å². The number of thioether (sulfide) groups is 2. The zero-order valence-corrected chi connectivity index (χ0v) is 11.2. The smallest absolute Gasteiger partial charge is 0.135 e. The fourth-order valence-corrected chi connectivity index (χ4v) is 2.71. The molecule has 0 unspecified atom stereocenters. The maximum absolute atomic E-state index is 5.14. The Labute approximate surface area is 104 Å². The molecule has 14 heavy (non-hydrogen) atoms. The molecule has 1 heterocycles. The van der Waals surface area contributed by atoms with Gasteiger partial charge in [-0.2, -0.15) is 0 Å². The molecule has 0 aliphatic carbocycles. The first kappa shape index (κ1) is 12.5. The van der Waals surface area contributed by atoms with Gasteiger partial charge in [0, 0.05) is 13.1 Å². The lowest BCUT2D eigenvalue weighted by molar-refractivity contribution is 0.468. The molecule has 1 fully saturated rings. The highest BCUT2D eigenvalue weighted by Gasteiger charge is 2.06. The molecule has 0 amide bonds. The summed E-state index contributed by atoms with van der Waals surface area (Å²) in [6.45, 7) is 1.66. The second-order valence-corrected chi connectivity index (χ2v) is 6.07. The highest BCUT2D eigenvalue weighted by atomic mass is 32.2. The van der Waals surface area contributed by atoms with Gasteiger partial charge in [-0.1, -0.05) is 48.0 Å². The molecule has 0 aromatic carbocycles. The first-order chi connectivity index (χ1) is 6.68. The fraction of sp³-hybridized carbons (Fsp3) is 0.714. The summed E-state index contributed by atoms with van der Waals surface area (Å²) in [4.78, 5) is 2.18. The number of nitrogens with one attached hydrogen (secondary N) is 2. The maximum Gasteiger partial charge on any atom is 0.135 e. The Morgan fingerprint density at radius 2 is 1.50 bits per heavy atom. The molecule has 0 aromatic rings. The van der Waals surface area contributed by atoms with Crippen LogP contribution >= 0.6 is 48.0 Å². The minimum absolute atomic E-state index is 0.830. The lowest BCUT2D eigenvalue weighted by atomic mass is 10.6. The summed E-state index contributed by atoms with van der Waals surface area (Å²) in [6.07, 6.45) is 0. The molecule has 2 N–H and O–H groups in total. The highest BCUT2D eigenvalue weighted by Crippen LogP contribution is 2.10. The van der Waals surface area contributed by atoms with E-state index >= 15 is 0 Å². The van der Waals surface area contributed by atoms with Gasteiger partial charge in [0.05, 0.1) is 11.8 Å². The van der Waals surface area contributed by atoms with Crippen molar-refractivity contribution in [3.05, 3.63) is 0 Å². The van der Waals surface area contributed by atoms with Crippen LogP contribution in [0.3, 0.4) is 0 Å². The van der Waals surface area contributed by atoms with Crippen LogP contribution in [0.2, 0.25) is 0 Å². The van der Waals surface area contributed by atoms with Gasteiger partial charge < -0.3 is 10.6 Å². The number of thiocarbonyl (C=S) groups is 2. The molecule has 0 radical (unpaired) electrons. The van der Waals surface area contributed by atoms with Crippen molar-refractivity contribution >= 4 is 56.6 Å². The van der Waals surface area contributed by atoms with Gasteiger partial charge >= 0.3 is 0 Å². The molecule has 80 valence electrons. The van der Waals surface area contributed by atoms with E-state index in [1.807, 2.05) is 0 Å². The van der Waals surface area contributed by atoms with Gasteiger partial charge in [-0.25, -0.2) is 0 Å². The van der Waals surface area contributed by atoms with E-state index < -0.39 is 0 Å². The van der Waals surface area contributed by atoms with Crippen LogP contribution in [-0.4, -0.2) is 45.4 Å². The topological polar surface area (TPSA) is 27.3 Å². The maximum atomic E-state index is 5.14. The third-order valence-corrected chi connectivity index (χ3v) is 4.44. The van der Waals surface area contributed by atoms with E-state index in [2.05, 4.69) is 22.6 Å². The Balaban J connectivity index is 2.40. The van der Waals surface area contributed by atoms with Gasteiger partial charge in [0.2, 0.25) is 0 Å². The van der Waals surface area contributed by atoms with Crippen molar-refractivity contribution in [1.82, 2.24) is 15.5 Å². The minimum Gasteiger partial charge on any atom is -0.369 e. The first-order valence-corrected chi connectivity index (χ1v) is 6.97. The zero-order chi connectivity index (χ0) is 10.4. The highest BCUT2D eigenvalue weighted by molar-refractivity contribution is 8.23. The molecule has 0 saturated carbocycles. The van der Waals surface area contributed by atoms with Crippen molar-refractivity contribution in [3.63, 3.8) is 0 Å². The predicted molar refractivity (Wildman–Crippen MR) is 73.9 cm³/mol. The van der Waals surface area contributed by atoms with Crippen molar-refractivity contribution in [3.8, 4) is 0 Å². The Morgan fingerprint density at radius 1 is 1.07 bits per heavy atom. The number of hydrogen-bond acceptors (Lipinski definition) is 5. The molecule has 0 spiro atoms. The average Bonchev–Trinajstić information content (AvgIpc) is 2.19. The third kappa shape index (κ3) is 5.35. The summed E-state index contributed by atoms with van der Waals surface area (Å²) in [5.74, 6) is 1.81. The summed E-state index contributed by atoms with van der Waals surface area (Å²) in [7, 11) is 2.06. The van der Waals surface area contributed by atoms with E-state index in [-0.39, 0.29) is 0 Å². The van der Waals surface area contributed by atoms with E-state index in [1.165, 1.54) is 0 Å². The molecule has 1 aliphatic heterocycles. The van der Waals surface area contributed by atoms with Gasteiger partial charge in [-0.15, -0.1) is 0 Å². The molecule has 1 aliphatic rings. The summed E-state index contributed by atoms with van der Waals surface area (Å²) in [6, 6.07) is 0. The zero-order valence-electron chi connectivity index (χ0n) is 7.91. The standard InChI is InChI=1S/C7H13N3S4/c1-10-4-13-6(11)8-2-3-9-7(12)14-5-10/h2-5H2,1H3,(H,8,11)(H,9,12). The summed E-state index contributed by atoms with van der Waals surface area (Å²) < 4.78 is 1.72. The van der Waals surface area contributed by atoms with E-state index in [0.717, 1.165) is 33.5 Å². The van der Waals surface area contributed by atoms with Crippen molar-refractivity contribution in [2.24, 2.45) is 0 Å². The van der Waals surface area contributed by atoms with Crippen LogP contribution in [0, 0.1) is 0 Å². The van der Waals surface area contributed by atoms with Crippen LogP contribution in [0.5, 0.6) is 0 Å². The summed E-state index contributed by atoms with van der Waals surface area (Å²) in [5, 5.41) is 6.32. The van der Waals surface area contributed by atoms with E-state index in [4.69, 9.17) is 24.4 Å². The van der Waals surface area contributed by atoms with Gasteiger partial charge in [0.1, 0.15) is 8.64 Å². The lowest BCUT2D eigenvalue weighted by Crippen LogP contribution is -2.30. The molecule has 0 atom stereocenters. The molecule has 0 bridgehead atoms. The van der Waals surface area contributed by atoms with Crippen LogP contribution in [0.4, 0.5) is 0 Å². The van der Waals surface area contributed by atoms with Crippen LogP contribution in [-0.2, 0) is 0 Å². The number of rotatable bonds is 0. The number of nitrogens with zero attached hydrogens (tertiary/aromatic N) is 1. The van der Waals surface area contributed by atoms with Crippen molar-refractivity contribution in [2.75, 3.05) is 31.9 Å².